The molecule has 1 N–H and O–H groups in total. The number of carboxylic acids is 1. The van der Waals surface area contributed by atoms with E-state index in [1.807, 2.05) is 6.92 Å². The molecule has 1 rings (SSSR count). The van der Waals surface area contributed by atoms with Gasteiger partial charge < -0.3 is 9.84 Å². The van der Waals surface area contributed by atoms with Crippen LogP contribution in [0, 0.1) is 11.3 Å². The molecular weight excluding hydrogens is 232 g/mol. The second kappa shape index (κ2) is 5.29. The summed E-state index contributed by atoms with van der Waals surface area (Å²) in [6.07, 6.45) is 3.84. The van der Waals surface area contributed by atoms with E-state index < -0.39 is 23.5 Å². The second-order valence-electron chi connectivity index (χ2n) is 6.54. The van der Waals surface area contributed by atoms with Crippen LogP contribution in [-0.4, -0.2) is 22.6 Å². The van der Waals surface area contributed by atoms with Crippen LogP contribution in [0.3, 0.4) is 0 Å². The highest BCUT2D eigenvalue weighted by Gasteiger charge is 2.42. The Labute approximate surface area is 109 Å². The summed E-state index contributed by atoms with van der Waals surface area (Å²) in [7, 11) is 0. The van der Waals surface area contributed by atoms with Crippen molar-refractivity contribution in [3.8, 4) is 0 Å². The molecule has 0 aromatic rings. The van der Waals surface area contributed by atoms with E-state index in [0.29, 0.717) is 0 Å². The van der Waals surface area contributed by atoms with Gasteiger partial charge in [0, 0.05) is 0 Å². The molecule has 1 aliphatic rings. The van der Waals surface area contributed by atoms with E-state index in [2.05, 4.69) is 0 Å². The summed E-state index contributed by atoms with van der Waals surface area (Å²) in [5.41, 5.74) is -0.820. The van der Waals surface area contributed by atoms with Crippen LogP contribution in [0.5, 0.6) is 0 Å². The monoisotopic (exact) mass is 256 g/mol. The number of hydrogen-bond donors (Lipinski definition) is 1. The fourth-order valence-corrected chi connectivity index (χ4v) is 2.71. The lowest BCUT2D eigenvalue weighted by Gasteiger charge is -2.31. The Bertz CT molecular complexity index is 321. The van der Waals surface area contributed by atoms with Crippen molar-refractivity contribution in [3.63, 3.8) is 0 Å². The van der Waals surface area contributed by atoms with Crippen LogP contribution in [0.25, 0.3) is 0 Å². The molecule has 4 heteroatoms. The second-order valence-corrected chi connectivity index (χ2v) is 6.54. The van der Waals surface area contributed by atoms with Crippen LogP contribution in [0.2, 0.25) is 0 Å². The first-order valence-corrected chi connectivity index (χ1v) is 6.59. The molecule has 0 spiro atoms. The minimum absolute atomic E-state index is 0.0247. The maximum Gasteiger partial charge on any atom is 0.307 e. The highest BCUT2D eigenvalue weighted by molar-refractivity contribution is 5.79. The summed E-state index contributed by atoms with van der Waals surface area (Å²) in [5, 5.41) is 9.34. The van der Waals surface area contributed by atoms with Crippen LogP contribution >= 0.6 is 0 Å². The molecule has 1 fully saturated rings. The summed E-state index contributed by atoms with van der Waals surface area (Å²) in [4.78, 5) is 23.2. The van der Waals surface area contributed by atoms with Gasteiger partial charge in [0.05, 0.1) is 12.3 Å². The lowest BCUT2D eigenvalue weighted by molar-refractivity contribution is -0.162. The summed E-state index contributed by atoms with van der Waals surface area (Å²) in [6, 6.07) is 0. The fraction of sp³-hybridized carbons (Fsp3) is 0.857. The maximum absolute atomic E-state index is 11.8. The van der Waals surface area contributed by atoms with Crippen LogP contribution in [0.4, 0.5) is 0 Å². The number of carbonyl (C=O) groups is 2. The molecule has 1 aliphatic carbocycles. The first-order chi connectivity index (χ1) is 8.14. The minimum atomic E-state index is -0.884. The zero-order valence-corrected chi connectivity index (χ0v) is 11.8. The molecule has 0 aromatic heterocycles. The lowest BCUT2D eigenvalue weighted by atomic mass is 9.74. The average molecular weight is 256 g/mol. The van der Waals surface area contributed by atoms with Gasteiger partial charge in [0.15, 0.2) is 0 Å². The van der Waals surface area contributed by atoms with E-state index in [1.165, 1.54) is 0 Å². The molecule has 0 amide bonds. The number of carboxylic acid groups (broad SMARTS) is 1. The summed E-state index contributed by atoms with van der Waals surface area (Å²) >= 11 is 0. The van der Waals surface area contributed by atoms with E-state index in [1.54, 1.807) is 20.8 Å². The molecule has 1 atom stereocenters. The third-order valence-corrected chi connectivity index (χ3v) is 3.68. The van der Waals surface area contributed by atoms with Crippen LogP contribution in [-0.2, 0) is 14.3 Å². The molecule has 1 saturated carbocycles. The fourth-order valence-electron chi connectivity index (χ4n) is 2.71. The normalized spacial score (nSPS) is 20.4. The number of rotatable bonds is 4. The first kappa shape index (κ1) is 15.0. The van der Waals surface area contributed by atoms with Crippen molar-refractivity contribution in [2.75, 3.05) is 0 Å². The SMILES string of the molecule is CC(C)(C)OC(=O)C[C@@H](C(=O)O)C1(C)CCCC1. The van der Waals surface area contributed by atoms with Crippen molar-refractivity contribution in [2.45, 2.75) is 65.4 Å². The molecule has 18 heavy (non-hydrogen) atoms. The Hall–Kier alpha value is -1.06. The predicted octanol–water partition coefficient (Wildman–Crippen LogP) is 3.00. The van der Waals surface area contributed by atoms with E-state index >= 15 is 0 Å². The molecule has 4 nitrogen and oxygen atoms in total. The van der Waals surface area contributed by atoms with E-state index in [-0.39, 0.29) is 11.8 Å². The number of hydrogen-bond acceptors (Lipinski definition) is 3. The zero-order chi connectivity index (χ0) is 14.0. The van der Waals surface area contributed by atoms with Crippen molar-refractivity contribution in [1.82, 2.24) is 0 Å². The minimum Gasteiger partial charge on any atom is -0.481 e. The Kier molecular flexibility index (Phi) is 4.41. The van der Waals surface area contributed by atoms with Gasteiger partial charge in [-0.3, -0.25) is 9.59 Å². The predicted molar refractivity (Wildman–Crippen MR) is 68.2 cm³/mol. The quantitative estimate of drug-likeness (QED) is 0.785. The van der Waals surface area contributed by atoms with Crippen molar-refractivity contribution < 1.29 is 19.4 Å². The molecule has 0 unspecified atom stereocenters. The third kappa shape index (κ3) is 4.00. The van der Waals surface area contributed by atoms with Crippen LogP contribution in [0.15, 0.2) is 0 Å². The van der Waals surface area contributed by atoms with Gasteiger partial charge in [0.2, 0.25) is 0 Å². The number of esters is 1. The van der Waals surface area contributed by atoms with Crippen LogP contribution < -0.4 is 0 Å². The van der Waals surface area contributed by atoms with Gasteiger partial charge in [-0.15, -0.1) is 0 Å². The molecular formula is C14H24O4. The van der Waals surface area contributed by atoms with Gasteiger partial charge >= 0.3 is 11.9 Å². The highest BCUT2D eigenvalue weighted by Crippen LogP contribution is 2.45. The maximum atomic E-state index is 11.8. The van der Waals surface area contributed by atoms with Gasteiger partial charge in [-0.2, -0.15) is 0 Å². The number of ether oxygens (including phenoxy) is 1. The van der Waals surface area contributed by atoms with E-state index in [0.717, 1.165) is 25.7 Å². The van der Waals surface area contributed by atoms with Gasteiger partial charge in [-0.25, -0.2) is 0 Å². The van der Waals surface area contributed by atoms with E-state index in [9.17, 15) is 14.7 Å². The van der Waals surface area contributed by atoms with Crippen molar-refractivity contribution in [2.24, 2.45) is 11.3 Å². The largest absolute Gasteiger partial charge is 0.481 e. The molecule has 0 heterocycles. The highest BCUT2D eigenvalue weighted by atomic mass is 16.6. The Morgan fingerprint density at radius 2 is 1.78 bits per heavy atom. The molecule has 0 aliphatic heterocycles. The standard InChI is InChI=1S/C14H24O4/c1-13(2,3)18-11(15)9-10(12(16)17)14(4)7-5-6-8-14/h10H,5-9H2,1-4H3,(H,16,17)/t10-/m0/s1. The van der Waals surface area contributed by atoms with Gasteiger partial charge in [-0.05, 0) is 39.0 Å². The van der Waals surface area contributed by atoms with Crippen molar-refractivity contribution in [1.29, 1.82) is 0 Å². The van der Waals surface area contributed by atoms with Gasteiger partial charge in [0.1, 0.15) is 5.60 Å². The summed E-state index contributed by atoms with van der Waals surface area (Å²) in [5.74, 6) is -1.93. The van der Waals surface area contributed by atoms with E-state index in [4.69, 9.17) is 4.74 Å². The Balaban J connectivity index is 2.70. The molecule has 0 saturated heterocycles. The molecule has 0 bridgehead atoms. The van der Waals surface area contributed by atoms with Crippen LogP contribution in [0.1, 0.15) is 59.8 Å². The smallest absolute Gasteiger partial charge is 0.307 e. The van der Waals surface area contributed by atoms with Crippen molar-refractivity contribution in [3.05, 3.63) is 0 Å². The Morgan fingerprint density at radius 1 is 1.28 bits per heavy atom. The molecule has 0 radical (unpaired) electrons. The lowest BCUT2D eigenvalue weighted by Crippen LogP contribution is -2.35. The average Bonchev–Trinajstić information content (AvgIpc) is 2.59. The Morgan fingerprint density at radius 3 is 2.17 bits per heavy atom. The molecule has 104 valence electrons. The summed E-state index contributed by atoms with van der Waals surface area (Å²) < 4.78 is 5.22. The topological polar surface area (TPSA) is 63.6 Å². The third-order valence-electron chi connectivity index (χ3n) is 3.68. The zero-order valence-electron chi connectivity index (χ0n) is 11.8. The van der Waals surface area contributed by atoms with Gasteiger partial charge in [0.25, 0.3) is 0 Å². The summed E-state index contributed by atoms with van der Waals surface area (Å²) in [6.45, 7) is 7.34. The molecule has 0 aromatic carbocycles. The van der Waals surface area contributed by atoms with Crippen molar-refractivity contribution >= 4 is 11.9 Å². The van der Waals surface area contributed by atoms with Gasteiger partial charge in [-0.1, -0.05) is 19.8 Å². The number of carbonyl (C=O) groups excluding carboxylic acids is 1. The number of aliphatic carboxylic acids is 1. The first-order valence-electron chi connectivity index (χ1n) is 6.59.